The van der Waals surface area contributed by atoms with Gasteiger partial charge in [0.25, 0.3) is 5.91 Å². The maximum atomic E-state index is 11.4. The average molecular weight is 290 g/mol. The van der Waals surface area contributed by atoms with Crippen LogP contribution in [0.5, 0.6) is 0 Å². The molecule has 0 saturated carbocycles. The molecule has 3 heterocycles. The highest BCUT2D eigenvalue weighted by atomic mass is 16.5. The summed E-state index contributed by atoms with van der Waals surface area (Å²) < 4.78 is 0. The number of hydroxylamine groups is 1. The number of nitrogens with one attached hydrogen (secondary N) is 1. The summed E-state index contributed by atoms with van der Waals surface area (Å²) >= 11 is 0. The van der Waals surface area contributed by atoms with Gasteiger partial charge in [-0.2, -0.15) is 0 Å². The molecule has 2 aliphatic heterocycles. The number of likely N-dealkylation sites (tertiary alicyclic amines) is 1. The second-order valence-corrected chi connectivity index (χ2v) is 6.03. The molecule has 114 valence electrons. The van der Waals surface area contributed by atoms with E-state index in [1.165, 1.54) is 12.8 Å². The van der Waals surface area contributed by atoms with Crippen LogP contribution >= 0.6 is 0 Å². The van der Waals surface area contributed by atoms with Crippen LogP contribution in [-0.4, -0.2) is 58.6 Å². The van der Waals surface area contributed by atoms with Gasteiger partial charge in [-0.25, -0.2) is 5.48 Å². The van der Waals surface area contributed by atoms with Crippen LogP contribution in [0.15, 0.2) is 12.3 Å². The molecule has 0 atom stereocenters. The number of fused-ring (bicyclic) bond motifs is 1. The number of aromatic nitrogens is 1. The van der Waals surface area contributed by atoms with Gasteiger partial charge < -0.3 is 4.90 Å². The Morgan fingerprint density at radius 1 is 1.38 bits per heavy atom. The van der Waals surface area contributed by atoms with Crippen LogP contribution in [0.1, 0.15) is 34.5 Å². The van der Waals surface area contributed by atoms with E-state index in [2.05, 4.69) is 21.8 Å². The van der Waals surface area contributed by atoms with Gasteiger partial charge in [0.15, 0.2) is 0 Å². The zero-order chi connectivity index (χ0) is 14.8. The van der Waals surface area contributed by atoms with Crippen LogP contribution in [0.25, 0.3) is 0 Å². The molecule has 2 N–H and O–H groups in total. The van der Waals surface area contributed by atoms with Crippen molar-refractivity contribution in [3.63, 3.8) is 0 Å². The molecule has 1 amide bonds. The molecule has 1 saturated heterocycles. The largest absolute Gasteiger partial charge is 0.306 e. The number of amides is 1. The van der Waals surface area contributed by atoms with E-state index >= 15 is 0 Å². The highest BCUT2D eigenvalue weighted by Crippen LogP contribution is 2.24. The van der Waals surface area contributed by atoms with Crippen molar-refractivity contribution >= 4 is 5.91 Å². The predicted molar refractivity (Wildman–Crippen MR) is 78.1 cm³/mol. The Kier molecular flexibility index (Phi) is 4.19. The lowest BCUT2D eigenvalue weighted by Crippen LogP contribution is -2.45. The molecule has 1 fully saturated rings. The Morgan fingerprint density at radius 3 is 2.86 bits per heavy atom. The molecule has 21 heavy (non-hydrogen) atoms. The summed E-state index contributed by atoms with van der Waals surface area (Å²) in [5.41, 5.74) is 4.27. The summed E-state index contributed by atoms with van der Waals surface area (Å²) in [4.78, 5) is 20.8. The lowest BCUT2D eigenvalue weighted by Gasteiger charge is -2.39. The summed E-state index contributed by atoms with van der Waals surface area (Å²) in [6.45, 7) is 4.21. The number of hydrogen-bond donors (Lipinski definition) is 2. The molecule has 0 bridgehead atoms. The Labute approximate surface area is 124 Å². The number of hydrogen-bond acceptors (Lipinski definition) is 5. The van der Waals surface area contributed by atoms with Crippen LogP contribution in [0.3, 0.4) is 0 Å². The van der Waals surface area contributed by atoms with Crippen molar-refractivity contribution in [3.8, 4) is 0 Å². The van der Waals surface area contributed by atoms with E-state index in [1.807, 2.05) is 6.07 Å². The molecule has 1 aromatic rings. The number of nitrogens with zero attached hydrogens (tertiary/aromatic N) is 3. The van der Waals surface area contributed by atoms with Crippen LogP contribution in [-0.2, 0) is 13.0 Å². The van der Waals surface area contributed by atoms with E-state index < -0.39 is 5.91 Å². The van der Waals surface area contributed by atoms with Gasteiger partial charge in [-0.3, -0.25) is 19.9 Å². The third-order valence-electron chi connectivity index (χ3n) is 4.65. The number of carbonyl (C=O) groups is 1. The maximum Gasteiger partial charge on any atom is 0.276 e. The van der Waals surface area contributed by atoms with Crippen molar-refractivity contribution in [1.82, 2.24) is 20.3 Å². The zero-order valence-electron chi connectivity index (χ0n) is 12.4. The highest BCUT2D eigenvalue weighted by molar-refractivity contribution is 5.93. The van der Waals surface area contributed by atoms with Crippen molar-refractivity contribution in [1.29, 1.82) is 0 Å². The molecular weight excluding hydrogens is 268 g/mol. The molecule has 0 spiro atoms. The van der Waals surface area contributed by atoms with Crippen LogP contribution in [0.4, 0.5) is 0 Å². The topological polar surface area (TPSA) is 68.7 Å². The van der Waals surface area contributed by atoms with Crippen molar-refractivity contribution in [2.45, 2.75) is 31.8 Å². The Balaban J connectivity index is 1.70. The molecule has 6 heteroatoms. The quantitative estimate of drug-likeness (QED) is 0.618. The molecule has 0 radical (unpaired) electrons. The predicted octanol–water partition coefficient (Wildman–Crippen LogP) is 0.653. The smallest absolute Gasteiger partial charge is 0.276 e. The van der Waals surface area contributed by atoms with Crippen molar-refractivity contribution in [2.75, 3.05) is 26.7 Å². The van der Waals surface area contributed by atoms with Gasteiger partial charge in [0, 0.05) is 25.3 Å². The van der Waals surface area contributed by atoms with E-state index in [0.717, 1.165) is 43.9 Å². The number of rotatable bonds is 2. The first-order chi connectivity index (χ1) is 10.2. The van der Waals surface area contributed by atoms with Gasteiger partial charge in [-0.05, 0) is 51.0 Å². The molecule has 2 aliphatic rings. The molecule has 0 unspecified atom stereocenters. The van der Waals surface area contributed by atoms with Crippen molar-refractivity contribution in [2.24, 2.45) is 0 Å². The average Bonchev–Trinajstić information content (AvgIpc) is 2.54. The minimum absolute atomic E-state index is 0.420. The first-order valence-electron chi connectivity index (χ1n) is 7.52. The Morgan fingerprint density at radius 2 is 2.14 bits per heavy atom. The standard InChI is InChI=1S/C15H22N4O2/c1-18-5-3-13(4-6-18)19-7-2-11-8-12(15(20)17-21)9-16-14(11)10-19/h8-9,13,21H,2-7,10H2,1H3,(H,17,20). The second-order valence-electron chi connectivity index (χ2n) is 6.03. The first-order valence-corrected chi connectivity index (χ1v) is 7.52. The summed E-state index contributed by atoms with van der Waals surface area (Å²) in [6, 6.07) is 2.50. The fourth-order valence-electron chi connectivity index (χ4n) is 3.29. The van der Waals surface area contributed by atoms with Gasteiger partial charge in [0.2, 0.25) is 0 Å². The SMILES string of the molecule is CN1CCC(N2CCc3cc(C(=O)NO)cnc3C2)CC1. The molecular formula is C15H22N4O2. The highest BCUT2D eigenvalue weighted by Gasteiger charge is 2.27. The third kappa shape index (κ3) is 3.07. The van der Waals surface area contributed by atoms with Gasteiger partial charge in [-0.1, -0.05) is 0 Å². The van der Waals surface area contributed by atoms with Crippen LogP contribution < -0.4 is 5.48 Å². The molecule has 6 nitrogen and oxygen atoms in total. The minimum Gasteiger partial charge on any atom is -0.306 e. The summed E-state index contributed by atoms with van der Waals surface area (Å²) in [7, 11) is 2.18. The zero-order valence-corrected chi connectivity index (χ0v) is 12.4. The van der Waals surface area contributed by atoms with Crippen molar-refractivity contribution < 1.29 is 10.0 Å². The minimum atomic E-state index is -0.497. The van der Waals surface area contributed by atoms with Gasteiger partial charge in [-0.15, -0.1) is 0 Å². The van der Waals surface area contributed by atoms with E-state index in [0.29, 0.717) is 11.6 Å². The first kappa shape index (κ1) is 14.4. The fraction of sp³-hybridized carbons (Fsp3) is 0.600. The molecule has 0 aromatic carbocycles. The van der Waals surface area contributed by atoms with Crippen LogP contribution in [0.2, 0.25) is 0 Å². The maximum absolute atomic E-state index is 11.4. The summed E-state index contributed by atoms with van der Waals surface area (Å²) in [5.74, 6) is -0.497. The molecule has 3 rings (SSSR count). The van der Waals surface area contributed by atoms with Gasteiger partial charge >= 0.3 is 0 Å². The van der Waals surface area contributed by atoms with E-state index in [1.54, 1.807) is 11.7 Å². The van der Waals surface area contributed by atoms with Gasteiger partial charge in [0.1, 0.15) is 0 Å². The monoisotopic (exact) mass is 290 g/mol. The number of carbonyl (C=O) groups excluding carboxylic acids is 1. The molecule has 0 aliphatic carbocycles. The van der Waals surface area contributed by atoms with Gasteiger partial charge in [0.05, 0.1) is 11.3 Å². The van der Waals surface area contributed by atoms with Crippen LogP contribution in [0, 0.1) is 0 Å². The number of piperidine rings is 1. The summed E-state index contributed by atoms with van der Waals surface area (Å²) in [6.07, 6.45) is 4.90. The third-order valence-corrected chi connectivity index (χ3v) is 4.65. The lowest BCUT2D eigenvalue weighted by molar-refractivity contribution is 0.0705. The van der Waals surface area contributed by atoms with Crippen molar-refractivity contribution in [3.05, 3.63) is 29.1 Å². The Hall–Kier alpha value is -1.50. The lowest BCUT2D eigenvalue weighted by atomic mass is 9.97. The van der Waals surface area contributed by atoms with E-state index in [4.69, 9.17) is 5.21 Å². The fourth-order valence-corrected chi connectivity index (χ4v) is 3.29. The van der Waals surface area contributed by atoms with E-state index in [-0.39, 0.29) is 0 Å². The second kappa shape index (κ2) is 6.09. The summed E-state index contributed by atoms with van der Waals surface area (Å²) in [5, 5.41) is 8.69. The molecule has 1 aromatic heterocycles. The normalized spacial score (nSPS) is 21.0. The number of pyridine rings is 1. The Bertz CT molecular complexity index is 526. The van der Waals surface area contributed by atoms with E-state index in [9.17, 15) is 4.79 Å².